The molecule has 33 heavy (non-hydrogen) atoms. The van der Waals surface area contributed by atoms with Gasteiger partial charge in [0.2, 0.25) is 10.0 Å². The summed E-state index contributed by atoms with van der Waals surface area (Å²) in [7, 11) is -1.95. The van der Waals surface area contributed by atoms with Crippen molar-refractivity contribution in [2.24, 2.45) is 5.92 Å². The van der Waals surface area contributed by atoms with Gasteiger partial charge in [-0.25, -0.2) is 8.42 Å². The summed E-state index contributed by atoms with van der Waals surface area (Å²) >= 11 is 1.75. The van der Waals surface area contributed by atoms with E-state index in [-0.39, 0.29) is 12.0 Å². The Labute approximate surface area is 200 Å². The first-order valence-corrected chi connectivity index (χ1v) is 13.9. The van der Waals surface area contributed by atoms with Gasteiger partial charge in [0.1, 0.15) is 0 Å². The second kappa shape index (κ2) is 9.01. The molecule has 5 rings (SSSR count). The molecule has 0 bridgehead atoms. The molecule has 6 heteroatoms. The van der Waals surface area contributed by atoms with Crippen LogP contribution in [-0.2, 0) is 16.6 Å². The molecule has 3 aromatic rings. The minimum absolute atomic E-state index is 0.205. The molecule has 0 saturated carbocycles. The average Bonchev–Trinajstić information content (AvgIpc) is 3.34. The zero-order valence-electron chi connectivity index (χ0n) is 18.8. The molecule has 0 saturated heterocycles. The number of fused-ring (bicyclic) bond motifs is 3. The van der Waals surface area contributed by atoms with Gasteiger partial charge in [-0.3, -0.25) is 0 Å². The molecule has 1 heterocycles. The number of anilines is 1. The van der Waals surface area contributed by atoms with E-state index in [9.17, 15) is 8.42 Å². The van der Waals surface area contributed by atoms with Crippen LogP contribution in [0, 0.1) is 5.92 Å². The highest BCUT2D eigenvalue weighted by Crippen LogP contribution is 2.50. The van der Waals surface area contributed by atoms with Gasteiger partial charge < -0.3 is 5.32 Å². The summed E-state index contributed by atoms with van der Waals surface area (Å²) in [5.41, 5.74) is 4.33. The maximum Gasteiger partial charge on any atom is 0.243 e. The molecular weight excluding hydrogens is 448 g/mol. The molecule has 4 nitrogen and oxygen atoms in total. The lowest BCUT2D eigenvalue weighted by Gasteiger charge is -2.38. The fourth-order valence-corrected chi connectivity index (χ4v) is 6.58. The first-order valence-electron chi connectivity index (χ1n) is 11.2. The van der Waals surface area contributed by atoms with Crippen molar-refractivity contribution >= 4 is 27.5 Å². The van der Waals surface area contributed by atoms with Gasteiger partial charge >= 0.3 is 0 Å². The Balaban J connectivity index is 1.45. The number of hydrogen-bond donors (Lipinski definition) is 1. The summed E-state index contributed by atoms with van der Waals surface area (Å²) in [6, 6.07) is 24.2. The first-order chi connectivity index (χ1) is 16.0. The predicted molar refractivity (Wildman–Crippen MR) is 136 cm³/mol. The van der Waals surface area contributed by atoms with Gasteiger partial charge in [0.25, 0.3) is 0 Å². The third-order valence-corrected chi connectivity index (χ3v) is 9.31. The fourth-order valence-electron chi connectivity index (χ4n) is 4.98. The topological polar surface area (TPSA) is 49.4 Å². The third kappa shape index (κ3) is 4.23. The number of nitrogens with one attached hydrogen (secondary N) is 1. The molecule has 3 unspecified atom stereocenters. The molecule has 3 aromatic carbocycles. The van der Waals surface area contributed by atoms with Crippen LogP contribution in [0.1, 0.15) is 35.1 Å². The van der Waals surface area contributed by atoms with Crippen LogP contribution in [0.3, 0.4) is 0 Å². The molecule has 0 radical (unpaired) electrons. The Bertz CT molecular complexity index is 1270. The average molecular weight is 477 g/mol. The third-order valence-electron chi connectivity index (χ3n) is 6.77. The quantitative estimate of drug-likeness (QED) is 0.347. The van der Waals surface area contributed by atoms with Crippen LogP contribution in [0.4, 0.5) is 5.69 Å². The van der Waals surface area contributed by atoms with Gasteiger partial charge in [-0.2, -0.15) is 4.31 Å². The van der Waals surface area contributed by atoms with Crippen LogP contribution in [0.2, 0.25) is 0 Å². The van der Waals surface area contributed by atoms with Crippen molar-refractivity contribution < 1.29 is 8.42 Å². The Kier molecular flexibility index (Phi) is 6.08. The van der Waals surface area contributed by atoms with E-state index in [0.29, 0.717) is 17.4 Å². The van der Waals surface area contributed by atoms with Crippen molar-refractivity contribution in [3.63, 3.8) is 0 Å². The molecule has 0 spiro atoms. The van der Waals surface area contributed by atoms with Gasteiger partial charge in [-0.05, 0) is 65.6 Å². The van der Waals surface area contributed by atoms with Crippen LogP contribution in [-0.4, -0.2) is 26.0 Å². The van der Waals surface area contributed by atoms with Crippen LogP contribution >= 0.6 is 11.8 Å². The van der Waals surface area contributed by atoms with Crippen molar-refractivity contribution in [3.05, 3.63) is 102 Å². The van der Waals surface area contributed by atoms with E-state index in [0.717, 1.165) is 23.2 Å². The van der Waals surface area contributed by atoms with Gasteiger partial charge in [0.05, 0.1) is 10.9 Å². The van der Waals surface area contributed by atoms with Crippen LogP contribution < -0.4 is 5.32 Å². The molecule has 0 fully saturated rings. The van der Waals surface area contributed by atoms with Crippen molar-refractivity contribution in [2.75, 3.05) is 18.6 Å². The maximum absolute atomic E-state index is 13.3. The van der Waals surface area contributed by atoms with Crippen LogP contribution in [0.15, 0.2) is 94.7 Å². The largest absolute Gasteiger partial charge is 0.378 e. The monoisotopic (exact) mass is 476 g/mol. The fraction of sp³-hybridized carbons (Fsp3) is 0.259. The number of sulfonamides is 1. The molecule has 1 aliphatic carbocycles. The number of nitrogens with zero attached hydrogens (tertiary/aromatic N) is 1. The normalized spacial score (nSPS) is 21.5. The van der Waals surface area contributed by atoms with Crippen molar-refractivity contribution in [1.29, 1.82) is 0 Å². The Morgan fingerprint density at radius 1 is 1.03 bits per heavy atom. The standard InChI is InChI=1S/C27H28N2O2S2/c1-29(18-19-7-4-3-5-8-19)33(30,31)22-15-16-26-25(17-22)23-9-6-10-24(23)27(28-26)20-11-13-21(32-2)14-12-20/h3-9,11-17,23-24,27-28H,10,18H2,1-2H3. The molecule has 0 aromatic heterocycles. The number of rotatable bonds is 6. The number of hydrogen-bond acceptors (Lipinski definition) is 4. The number of allylic oxidation sites excluding steroid dienone is 2. The Morgan fingerprint density at radius 2 is 1.79 bits per heavy atom. The van der Waals surface area contributed by atoms with E-state index < -0.39 is 10.0 Å². The van der Waals surface area contributed by atoms with Crippen molar-refractivity contribution in [1.82, 2.24) is 4.31 Å². The van der Waals surface area contributed by atoms with E-state index in [1.807, 2.05) is 42.5 Å². The predicted octanol–water partition coefficient (Wildman–Crippen LogP) is 6.06. The minimum atomic E-state index is -3.59. The zero-order valence-corrected chi connectivity index (χ0v) is 20.4. The number of thioether (sulfide) groups is 1. The summed E-state index contributed by atoms with van der Waals surface area (Å²) in [4.78, 5) is 1.61. The zero-order chi connectivity index (χ0) is 23.0. The van der Waals surface area contributed by atoms with Gasteiger partial charge in [-0.15, -0.1) is 11.8 Å². The minimum Gasteiger partial charge on any atom is -0.378 e. The van der Waals surface area contributed by atoms with E-state index in [2.05, 4.69) is 48.0 Å². The SMILES string of the molecule is CSc1ccc(C2Nc3ccc(S(=O)(=O)N(C)Cc4ccccc4)cc3C3C=CCC32)cc1. The van der Waals surface area contributed by atoms with E-state index in [4.69, 9.17) is 0 Å². The van der Waals surface area contributed by atoms with E-state index in [1.165, 1.54) is 14.8 Å². The molecule has 0 amide bonds. The van der Waals surface area contributed by atoms with Gasteiger partial charge in [0, 0.05) is 30.1 Å². The molecule has 1 N–H and O–H groups in total. The summed E-state index contributed by atoms with van der Waals surface area (Å²) in [6.45, 7) is 0.346. The lowest BCUT2D eigenvalue weighted by atomic mass is 9.77. The van der Waals surface area contributed by atoms with Gasteiger partial charge in [-0.1, -0.05) is 54.6 Å². The highest BCUT2D eigenvalue weighted by atomic mass is 32.2. The summed E-state index contributed by atoms with van der Waals surface area (Å²) < 4.78 is 28.1. The molecule has 170 valence electrons. The van der Waals surface area contributed by atoms with Crippen LogP contribution in [0.25, 0.3) is 0 Å². The lowest BCUT2D eigenvalue weighted by Crippen LogP contribution is -2.30. The second-order valence-corrected chi connectivity index (χ2v) is 11.7. The summed E-state index contributed by atoms with van der Waals surface area (Å²) in [5.74, 6) is 0.582. The highest BCUT2D eigenvalue weighted by Gasteiger charge is 2.38. The van der Waals surface area contributed by atoms with Gasteiger partial charge in [0.15, 0.2) is 0 Å². The lowest BCUT2D eigenvalue weighted by molar-refractivity contribution is 0.424. The molecular formula is C27H28N2O2S2. The maximum atomic E-state index is 13.3. The summed E-state index contributed by atoms with van der Waals surface area (Å²) in [5, 5.41) is 3.71. The Hall–Kier alpha value is -2.54. The summed E-state index contributed by atoms with van der Waals surface area (Å²) in [6.07, 6.45) is 7.55. The van der Waals surface area contributed by atoms with E-state index >= 15 is 0 Å². The first kappa shape index (κ1) is 22.3. The molecule has 3 atom stereocenters. The van der Waals surface area contributed by atoms with E-state index in [1.54, 1.807) is 24.9 Å². The van der Waals surface area contributed by atoms with Crippen LogP contribution in [0.5, 0.6) is 0 Å². The smallest absolute Gasteiger partial charge is 0.243 e. The number of benzene rings is 3. The second-order valence-electron chi connectivity index (χ2n) is 8.74. The molecule has 1 aliphatic heterocycles. The highest BCUT2D eigenvalue weighted by molar-refractivity contribution is 7.98. The van der Waals surface area contributed by atoms with Crippen molar-refractivity contribution in [3.8, 4) is 0 Å². The Morgan fingerprint density at radius 3 is 2.52 bits per heavy atom. The van der Waals surface area contributed by atoms with Crippen molar-refractivity contribution in [2.45, 2.75) is 34.7 Å². The molecule has 2 aliphatic rings.